The summed E-state index contributed by atoms with van der Waals surface area (Å²) >= 11 is 0. The summed E-state index contributed by atoms with van der Waals surface area (Å²) in [5, 5.41) is 18.8. The first kappa shape index (κ1) is 22.6. The van der Waals surface area contributed by atoms with Crippen LogP contribution in [0.4, 0.5) is 11.4 Å². The van der Waals surface area contributed by atoms with Crippen molar-refractivity contribution in [2.45, 2.75) is 19.8 Å². The summed E-state index contributed by atoms with van der Waals surface area (Å²) in [6.07, 6.45) is 1.04. The minimum absolute atomic E-state index is 0.0500. The zero-order chi connectivity index (χ0) is 23.1. The van der Waals surface area contributed by atoms with Crippen molar-refractivity contribution >= 4 is 22.9 Å². The van der Waals surface area contributed by atoms with Crippen LogP contribution in [0, 0.1) is 0 Å². The lowest BCUT2D eigenvalue weighted by Gasteiger charge is -2.09. The number of nitrogens with zero attached hydrogens (tertiary/aromatic N) is 2. The predicted octanol–water partition coefficient (Wildman–Crippen LogP) is 6.13. The van der Waals surface area contributed by atoms with Crippen molar-refractivity contribution in [3.8, 4) is 11.5 Å². The summed E-state index contributed by atoms with van der Waals surface area (Å²) in [5.41, 5.74) is 3.06. The second-order valence-electron chi connectivity index (χ2n) is 7.31. The number of allylic oxidation sites excluding steroid dienone is 1. The van der Waals surface area contributed by atoms with Crippen molar-refractivity contribution in [3.05, 3.63) is 95.6 Å². The van der Waals surface area contributed by atoms with Gasteiger partial charge in [0, 0.05) is 18.1 Å². The number of hydrogen-bond donors (Lipinski definition) is 1. The Morgan fingerprint density at radius 2 is 1.69 bits per heavy atom. The van der Waals surface area contributed by atoms with Crippen LogP contribution < -0.4 is 4.74 Å². The van der Waals surface area contributed by atoms with E-state index in [1.54, 1.807) is 43.3 Å². The number of benzene rings is 3. The van der Waals surface area contributed by atoms with Gasteiger partial charge in [-0.1, -0.05) is 49.0 Å². The van der Waals surface area contributed by atoms with Gasteiger partial charge < -0.3 is 9.84 Å². The third-order valence-electron chi connectivity index (χ3n) is 4.90. The Morgan fingerprint density at radius 1 is 1.00 bits per heavy atom. The first-order valence-corrected chi connectivity index (χ1v) is 10.1. The average Bonchev–Trinajstić information content (AvgIpc) is 2.82. The van der Waals surface area contributed by atoms with Gasteiger partial charge in [-0.15, -0.1) is 5.11 Å². The van der Waals surface area contributed by atoms with Gasteiger partial charge in [0.2, 0.25) is 0 Å². The lowest BCUT2D eigenvalue weighted by molar-refractivity contribution is -0.115. The summed E-state index contributed by atoms with van der Waals surface area (Å²) in [4.78, 5) is 24.5. The maximum Gasteiger partial charge on any atom is 0.196 e. The molecule has 0 aromatic heterocycles. The largest absolute Gasteiger partial charge is 0.507 e. The second kappa shape index (κ2) is 10.3. The fraction of sp³-hybridized carbons (Fsp3) is 0.154. The molecule has 0 bridgehead atoms. The topological polar surface area (TPSA) is 88.3 Å². The maximum atomic E-state index is 12.8. The lowest BCUT2D eigenvalue weighted by Crippen LogP contribution is -2.01. The smallest absolute Gasteiger partial charge is 0.196 e. The number of rotatable bonds is 9. The molecule has 0 aliphatic rings. The fourth-order valence-electron chi connectivity index (χ4n) is 3.04. The molecule has 3 aromatic rings. The van der Waals surface area contributed by atoms with Crippen LogP contribution in [0.15, 0.2) is 89.1 Å². The Bertz CT molecular complexity index is 1170. The second-order valence-corrected chi connectivity index (χ2v) is 7.31. The molecule has 0 amide bonds. The minimum Gasteiger partial charge on any atom is -0.507 e. The lowest BCUT2D eigenvalue weighted by atomic mass is 10.0. The number of methoxy groups -OCH3 is 1. The molecule has 6 heteroatoms. The Labute approximate surface area is 186 Å². The third kappa shape index (κ3) is 5.55. The molecule has 0 aliphatic heterocycles. The van der Waals surface area contributed by atoms with Crippen molar-refractivity contribution in [1.29, 1.82) is 0 Å². The normalized spacial score (nSPS) is 10.8. The Balaban J connectivity index is 1.81. The van der Waals surface area contributed by atoms with E-state index in [0.717, 1.165) is 5.56 Å². The predicted molar refractivity (Wildman–Crippen MR) is 123 cm³/mol. The van der Waals surface area contributed by atoms with Gasteiger partial charge in [-0.05, 0) is 42.7 Å². The first-order chi connectivity index (χ1) is 15.4. The fourth-order valence-corrected chi connectivity index (χ4v) is 3.04. The van der Waals surface area contributed by atoms with E-state index in [2.05, 4.69) is 16.8 Å². The Hall–Kier alpha value is -4.06. The number of ether oxygens (including phenoxy) is 1. The molecular weight excluding hydrogens is 404 g/mol. The van der Waals surface area contributed by atoms with Crippen LogP contribution in [-0.2, 0) is 11.2 Å². The number of Topliss-reactive ketones (excluding diaryl/α,β-unsaturated/α-hetero) is 1. The highest BCUT2D eigenvalue weighted by Crippen LogP contribution is 2.36. The molecule has 0 fully saturated rings. The number of aryl methyl sites for hydroxylation is 1. The number of phenolic OH excluding ortho intramolecular Hbond substituents is 1. The van der Waals surface area contributed by atoms with Crippen molar-refractivity contribution < 1.29 is 19.4 Å². The Kier molecular flexibility index (Phi) is 7.29. The number of aromatic hydroxyl groups is 1. The van der Waals surface area contributed by atoms with E-state index in [1.807, 2.05) is 18.2 Å². The van der Waals surface area contributed by atoms with Crippen LogP contribution in [0.3, 0.4) is 0 Å². The first-order valence-electron chi connectivity index (χ1n) is 10.1. The standard InChI is InChI=1S/C26H24N2O4/c1-17(2)23(29)14-11-18-9-12-20(13-10-18)27-28-22-15-21(24(30)16-25(22)32-3)26(31)19-7-5-4-6-8-19/h4-10,12-13,15-16,30H,1,11,14H2,2-3H3. The van der Waals surface area contributed by atoms with Crippen LogP contribution in [0.2, 0.25) is 0 Å². The highest BCUT2D eigenvalue weighted by atomic mass is 16.5. The molecule has 3 rings (SSSR count). The molecule has 0 unspecified atom stereocenters. The van der Waals surface area contributed by atoms with Crippen molar-refractivity contribution in [3.63, 3.8) is 0 Å². The molecule has 0 heterocycles. The number of hydrogen-bond acceptors (Lipinski definition) is 6. The van der Waals surface area contributed by atoms with E-state index in [9.17, 15) is 14.7 Å². The quantitative estimate of drug-likeness (QED) is 0.252. The molecular formula is C26H24N2O4. The van der Waals surface area contributed by atoms with Crippen LogP contribution in [0.1, 0.15) is 34.8 Å². The maximum absolute atomic E-state index is 12.8. The van der Waals surface area contributed by atoms with E-state index in [-0.39, 0.29) is 22.9 Å². The highest BCUT2D eigenvalue weighted by Gasteiger charge is 2.17. The Morgan fingerprint density at radius 3 is 2.31 bits per heavy atom. The zero-order valence-corrected chi connectivity index (χ0v) is 18.0. The molecule has 0 spiro atoms. The van der Waals surface area contributed by atoms with Gasteiger partial charge in [0.05, 0.1) is 18.4 Å². The summed E-state index contributed by atoms with van der Waals surface area (Å²) < 4.78 is 5.28. The van der Waals surface area contributed by atoms with Gasteiger partial charge >= 0.3 is 0 Å². The van der Waals surface area contributed by atoms with Crippen LogP contribution >= 0.6 is 0 Å². The molecule has 0 atom stereocenters. The summed E-state index contributed by atoms with van der Waals surface area (Å²) in [5.74, 6) is -0.168. The molecule has 1 N–H and O–H groups in total. The molecule has 0 aliphatic carbocycles. The average molecular weight is 428 g/mol. The number of carbonyl (C=O) groups is 2. The molecule has 162 valence electrons. The molecule has 3 aromatic carbocycles. The molecule has 0 radical (unpaired) electrons. The zero-order valence-electron chi connectivity index (χ0n) is 18.0. The number of carbonyl (C=O) groups excluding carboxylic acids is 2. The molecule has 0 saturated carbocycles. The highest BCUT2D eigenvalue weighted by molar-refractivity contribution is 6.11. The minimum atomic E-state index is -0.323. The van der Waals surface area contributed by atoms with Gasteiger partial charge in [0.25, 0.3) is 0 Å². The van der Waals surface area contributed by atoms with Gasteiger partial charge in [0.1, 0.15) is 17.2 Å². The van der Waals surface area contributed by atoms with Gasteiger partial charge in [-0.3, -0.25) is 9.59 Å². The van der Waals surface area contributed by atoms with E-state index >= 15 is 0 Å². The van der Waals surface area contributed by atoms with Gasteiger partial charge in [0.15, 0.2) is 11.6 Å². The monoisotopic (exact) mass is 428 g/mol. The van der Waals surface area contributed by atoms with Crippen molar-refractivity contribution in [2.75, 3.05) is 7.11 Å². The van der Waals surface area contributed by atoms with Crippen LogP contribution in [-0.4, -0.2) is 23.8 Å². The number of azo groups is 1. The van der Waals surface area contributed by atoms with Crippen LogP contribution in [0.25, 0.3) is 0 Å². The molecule has 0 saturated heterocycles. The summed E-state index contributed by atoms with van der Waals surface area (Å²) in [7, 11) is 1.45. The molecule has 32 heavy (non-hydrogen) atoms. The summed E-state index contributed by atoms with van der Waals surface area (Å²) in [6, 6.07) is 18.9. The van der Waals surface area contributed by atoms with Gasteiger partial charge in [-0.25, -0.2) is 0 Å². The van der Waals surface area contributed by atoms with Gasteiger partial charge in [-0.2, -0.15) is 5.11 Å². The molecule has 6 nitrogen and oxygen atoms in total. The number of phenols is 1. The van der Waals surface area contributed by atoms with Crippen molar-refractivity contribution in [2.24, 2.45) is 10.2 Å². The van der Waals surface area contributed by atoms with Crippen LogP contribution in [0.5, 0.6) is 11.5 Å². The van der Waals surface area contributed by atoms with E-state index in [0.29, 0.717) is 41.1 Å². The van der Waals surface area contributed by atoms with E-state index in [1.165, 1.54) is 19.2 Å². The number of ketones is 2. The van der Waals surface area contributed by atoms with E-state index < -0.39 is 0 Å². The third-order valence-corrected chi connectivity index (χ3v) is 4.90. The van der Waals surface area contributed by atoms with Crippen molar-refractivity contribution in [1.82, 2.24) is 0 Å². The summed E-state index contributed by atoms with van der Waals surface area (Å²) in [6.45, 7) is 5.37. The SMILES string of the molecule is C=C(C)C(=O)CCc1ccc(N=Nc2cc(C(=O)c3ccccc3)c(O)cc2OC)cc1. The van der Waals surface area contributed by atoms with E-state index in [4.69, 9.17) is 4.74 Å².